The van der Waals surface area contributed by atoms with Gasteiger partial charge in [-0.1, -0.05) is 6.07 Å². The molecule has 126 valence electrons. The lowest BCUT2D eigenvalue weighted by atomic mass is 10.1. The lowest BCUT2D eigenvalue weighted by Gasteiger charge is -2.29. The minimum Gasteiger partial charge on any atom is -0.351 e. The van der Waals surface area contributed by atoms with E-state index >= 15 is 0 Å². The van der Waals surface area contributed by atoms with E-state index in [1.807, 2.05) is 23.1 Å². The fourth-order valence-corrected chi connectivity index (χ4v) is 4.09. The first-order chi connectivity index (χ1) is 11.5. The van der Waals surface area contributed by atoms with Crippen LogP contribution in [0.25, 0.3) is 0 Å². The van der Waals surface area contributed by atoms with Gasteiger partial charge in [0.25, 0.3) is 0 Å². The van der Waals surface area contributed by atoms with Crippen LogP contribution in [0.2, 0.25) is 0 Å². The van der Waals surface area contributed by atoms with Crippen molar-refractivity contribution in [2.45, 2.75) is 32.2 Å². The molecule has 0 saturated carbocycles. The van der Waals surface area contributed by atoms with Crippen LogP contribution in [0.15, 0.2) is 35.2 Å². The van der Waals surface area contributed by atoms with Crippen LogP contribution in [0.3, 0.4) is 0 Å². The van der Waals surface area contributed by atoms with Gasteiger partial charge < -0.3 is 15.6 Å². The molecule has 2 heterocycles. The number of nitrogens with one attached hydrogen (secondary N) is 2. The molecule has 0 fully saturated rings. The molecule has 0 spiro atoms. The van der Waals surface area contributed by atoms with Crippen LogP contribution in [0.4, 0.5) is 15.2 Å². The van der Waals surface area contributed by atoms with E-state index in [0.29, 0.717) is 22.1 Å². The van der Waals surface area contributed by atoms with Crippen LogP contribution in [-0.4, -0.2) is 21.0 Å². The SMILES string of the molecule is CC(=N)C(c1csc(Nc2ccc(C)c(F)c2)n1)N1C=CSC1C. The maximum absolute atomic E-state index is 13.7. The molecular formula is C17H19FN4S2. The van der Waals surface area contributed by atoms with Crippen molar-refractivity contribution < 1.29 is 4.39 Å². The predicted molar refractivity (Wildman–Crippen MR) is 101 cm³/mol. The summed E-state index contributed by atoms with van der Waals surface area (Å²) >= 11 is 3.19. The summed E-state index contributed by atoms with van der Waals surface area (Å²) in [6.45, 7) is 5.65. The maximum atomic E-state index is 13.7. The summed E-state index contributed by atoms with van der Waals surface area (Å²) in [6, 6.07) is 4.87. The number of nitrogens with zero attached hydrogens (tertiary/aromatic N) is 2. The Morgan fingerprint density at radius 1 is 1.46 bits per heavy atom. The molecule has 0 amide bonds. The zero-order chi connectivity index (χ0) is 17.3. The van der Waals surface area contributed by atoms with Gasteiger partial charge in [-0.25, -0.2) is 9.37 Å². The summed E-state index contributed by atoms with van der Waals surface area (Å²) < 4.78 is 13.7. The molecule has 1 aliphatic rings. The van der Waals surface area contributed by atoms with E-state index < -0.39 is 0 Å². The quantitative estimate of drug-likeness (QED) is 0.711. The largest absolute Gasteiger partial charge is 0.351 e. The molecule has 2 atom stereocenters. The van der Waals surface area contributed by atoms with Crippen LogP contribution in [-0.2, 0) is 0 Å². The molecule has 1 aliphatic heterocycles. The second-order valence-electron chi connectivity index (χ2n) is 5.72. The maximum Gasteiger partial charge on any atom is 0.187 e. The molecule has 4 nitrogen and oxygen atoms in total. The summed E-state index contributed by atoms with van der Waals surface area (Å²) in [4.78, 5) is 6.75. The van der Waals surface area contributed by atoms with Gasteiger partial charge in [-0.3, -0.25) is 0 Å². The standard InChI is InChI=1S/C17H19FN4S2/c1-10-4-5-13(8-14(10)18)20-17-21-15(9-24-17)16(11(2)19)22-6-7-23-12(22)3/h4-9,12,16,19H,1-3H3,(H,20,21). The van der Waals surface area contributed by atoms with Crippen LogP contribution < -0.4 is 5.32 Å². The Morgan fingerprint density at radius 2 is 2.25 bits per heavy atom. The number of halogens is 1. The van der Waals surface area contributed by atoms with Gasteiger partial charge in [0, 0.05) is 23.0 Å². The first-order valence-corrected chi connectivity index (χ1v) is 9.41. The van der Waals surface area contributed by atoms with Crippen molar-refractivity contribution in [3.8, 4) is 0 Å². The van der Waals surface area contributed by atoms with Crippen molar-refractivity contribution in [2.75, 3.05) is 5.32 Å². The second kappa shape index (κ2) is 6.94. The van der Waals surface area contributed by atoms with Crippen molar-refractivity contribution in [3.05, 3.63) is 52.3 Å². The van der Waals surface area contributed by atoms with Crippen molar-refractivity contribution in [2.24, 2.45) is 0 Å². The Bertz CT molecular complexity index is 787. The van der Waals surface area contributed by atoms with Crippen LogP contribution in [0, 0.1) is 18.2 Å². The number of thioether (sulfide) groups is 1. The minimum absolute atomic E-state index is 0.173. The van der Waals surface area contributed by atoms with Gasteiger partial charge in [0.15, 0.2) is 5.13 Å². The average Bonchev–Trinajstić information content (AvgIpc) is 3.14. The van der Waals surface area contributed by atoms with Gasteiger partial charge in [0.2, 0.25) is 0 Å². The summed E-state index contributed by atoms with van der Waals surface area (Å²) in [6.07, 6.45) is 2.01. The fraction of sp³-hybridized carbons (Fsp3) is 0.294. The molecule has 0 aliphatic carbocycles. The van der Waals surface area contributed by atoms with E-state index in [1.54, 1.807) is 31.7 Å². The molecule has 0 bridgehead atoms. The number of hydrogen-bond donors (Lipinski definition) is 2. The average molecular weight is 362 g/mol. The smallest absolute Gasteiger partial charge is 0.187 e. The van der Waals surface area contributed by atoms with Crippen molar-refractivity contribution in [1.82, 2.24) is 9.88 Å². The third-order valence-corrected chi connectivity index (χ3v) is 5.55. The summed E-state index contributed by atoms with van der Waals surface area (Å²) in [5, 5.41) is 16.3. The molecule has 2 unspecified atom stereocenters. The highest BCUT2D eigenvalue weighted by Crippen LogP contribution is 2.35. The fourth-order valence-electron chi connectivity index (χ4n) is 2.57. The molecule has 24 heavy (non-hydrogen) atoms. The van der Waals surface area contributed by atoms with Crippen molar-refractivity contribution in [3.63, 3.8) is 0 Å². The van der Waals surface area contributed by atoms with E-state index in [-0.39, 0.29) is 17.2 Å². The molecular weight excluding hydrogens is 343 g/mol. The Morgan fingerprint density at radius 3 is 2.88 bits per heavy atom. The molecule has 2 aromatic rings. The number of thiazole rings is 1. The lowest BCUT2D eigenvalue weighted by molar-refractivity contribution is 0.335. The third-order valence-electron chi connectivity index (χ3n) is 3.86. The molecule has 0 radical (unpaired) electrons. The highest BCUT2D eigenvalue weighted by molar-refractivity contribution is 8.02. The van der Waals surface area contributed by atoms with E-state index in [2.05, 4.69) is 22.1 Å². The number of hydrogen-bond acceptors (Lipinski definition) is 6. The van der Waals surface area contributed by atoms with E-state index in [9.17, 15) is 4.39 Å². The molecule has 7 heteroatoms. The predicted octanol–water partition coefficient (Wildman–Crippen LogP) is 5.28. The number of aryl methyl sites for hydroxylation is 1. The number of rotatable bonds is 5. The molecule has 1 aromatic heterocycles. The van der Waals surface area contributed by atoms with Crippen LogP contribution >= 0.6 is 23.1 Å². The molecule has 1 aromatic carbocycles. The Balaban J connectivity index is 1.81. The molecule has 0 saturated heterocycles. The molecule has 2 N–H and O–H groups in total. The van der Waals surface area contributed by atoms with Gasteiger partial charge >= 0.3 is 0 Å². The highest BCUT2D eigenvalue weighted by Gasteiger charge is 2.28. The minimum atomic E-state index is -0.238. The highest BCUT2D eigenvalue weighted by atomic mass is 32.2. The van der Waals surface area contributed by atoms with Gasteiger partial charge in [-0.2, -0.15) is 0 Å². The first kappa shape index (κ1) is 17.0. The van der Waals surface area contributed by atoms with Gasteiger partial charge in [0.05, 0.1) is 11.1 Å². The molecule has 3 rings (SSSR count). The van der Waals surface area contributed by atoms with Gasteiger partial charge in [-0.05, 0) is 43.9 Å². The summed E-state index contributed by atoms with van der Waals surface area (Å²) in [5.41, 5.74) is 2.67. The first-order valence-electron chi connectivity index (χ1n) is 7.59. The van der Waals surface area contributed by atoms with Crippen molar-refractivity contribution >= 4 is 39.6 Å². The van der Waals surface area contributed by atoms with E-state index in [0.717, 1.165) is 5.69 Å². The number of anilines is 2. The van der Waals surface area contributed by atoms with Crippen molar-refractivity contribution in [1.29, 1.82) is 5.41 Å². The topological polar surface area (TPSA) is 52.0 Å². The third kappa shape index (κ3) is 3.47. The number of benzene rings is 1. The lowest BCUT2D eigenvalue weighted by Crippen LogP contribution is -2.31. The van der Waals surface area contributed by atoms with Gasteiger partial charge in [-0.15, -0.1) is 23.1 Å². The van der Waals surface area contributed by atoms with Gasteiger partial charge in [0.1, 0.15) is 11.9 Å². The van der Waals surface area contributed by atoms with E-state index in [4.69, 9.17) is 5.41 Å². The second-order valence-corrected chi connectivity index (χ2v) is 7.80. The number of aromatic nitrogens is 1. The Hall–Kier alpha value is -1.86. The Labute approximate surface area is 149 Å². The zero-order valence-corrected chi connectivity index (χ0v) is 15.3. The van der Waals surface area contributed by atoms with Crippen LogP contribution in [0.5, 0.6) is 0 Å². The van der Waals surface area contributed by atoms with E-state index in [1.165, 1.54) is 17.4 Å². The summed E-state index contributed by atoms with van der Waals surface area (Å²) in [5.74, 6) is -0.238. The normalized spacial score (nSPS) is 18.0. The Kier molecular flexibility index (Phi) is 4.91. The monoisotopic (exact) mass is 362 g/mol. The zero-order valence-electron chi connectivity index (χ0n) is 13.7. The summed E-state index contributed by atoms with van der Waals surface area (Å²) in [7, 11) is 0. The van der Waals surface area contributed by atoms with Crippen LogP contribution in [0.1, 0.15) is 31.1 Å².